The molecule has 0 aliphatic carbocycles. The number of nitrogens with zero attached hydrogens (tertiary/aromatic N) is 1. The van der Waals surface area contributed by atoms with Gasteiger partial charge in [-0.1, -0.05) is 0 Å². The summed E-state index contributed by atoms with van der Waals surface area (Å²) in [4.78, 5) is 1.94. The Hall–Kier alpha value is -1.32. The van der Waals surface area contributed by atoms with Crippen LogP contribution in [0, 0.1) is 0 Å². The summed E-state index contributed by atoms with van der Waals surface area (Å²) in [5, 5.41) is 0. The fraction of sp³-hybridized carbons (Fsp3) is 0.500. The molecule has 3 N–H and O–H groups in total. The average molecular weight is 333 g/mol. The first-order valence-corrected chi connectivity index (χ1v) is 9.77. The molecule has 21 heavy (non-hydrogen) atoms. The number of benzene rings is 1. The lowest BCUT2D eigenvalue weighted by Crippen LogP contribution is -2.47. The Labute approximate surface area is 125 Å². The van der Waals surface area contributed by atoms with Gasteiger partial charge in [0.15, 0.2) is 9.84 Å². The first-order valence-electron chi connectivity index (χ1n) is 6.46. The van der Waals surface area contributed by atoms with Gasteiger partial charge in [-0.05, 0) is 32.2 Å². The number of hydrogen-bond donors (Lipinski definition) is 2. The Kier molecular flexibility index (Phi) is 4.18. The number of hydrogen-bond acceptors (Lipinski definition) is 6. The van der Waals surface area contributed by atoms with Crippen LogP contribution in [-0.4, -0.2) is 48.0 Å². The summed E-state index contributed by atoms with van der Waals surface area (Å²) in [6, 6.07) is 4.48. The van der Waals surface area contributed by atoms with Crippen LogP contribution in [0.2, 0.25) is 0 Å². The van der Waals surface area contributed by atoms with Crippen LogP contribution in [0.15, 0.2) is 23.1 Å². The molecule has 0 aromatic heterocycles. The van der Waals surface area contributed by atoms with Gasteiger partial charge in [0.25, 0.3) is 0 Å². The first-order chi connectivity index (χ1) is 9.66. The molecule has 1 aromatic rings. The fourth-order valence-electron chi connectivity index (χ4n) is 2.45. The number of nitrogen functional groups attached to an aromatic ring is 1. The lowest BCUT2D eigenvalue weighted by Gasteiger charge is -2.35. The number of sulfonamides is 1. The summed E-state index contributed by atoms with van der Waals surface area (Å²) >= 11 is 0. The fourth-order valence-corrected chi connectivity index (χ4v) is 4.84. The average Bonchev–Trinajstić information content (AvgIpc) is 2.37. The van der Waals surface area contributed by atoms with E-state index in [1.165, 1.54) is 13.1 Å². The quantitative estimate of drug-likeness (QED) is 0.741. The van der Waals surface area contributed by atoms with E-state index in [1.807, 2.05) is 11.8 Å². The summed E-state index contributed by atoms with van der Waals surface area (Å²) in [7, 11) is -5.28. The number of nitrogens with two attached hydrogens (primary N) is 1. The molecule has 7 nitrogen and oxygen atoms in total. The van der Waals surface area contributed by atoms with E-state index in [-0.39, 0.29) is 28.1 Å². The zero-order chi connectivity index (χ0) is 15.8. The van der Waals surface area contributed by atoms with E-state index >= 15 is 0 Å². The molecule has 1 saturated heterocycles. The third-order valence-corrected chi connectivity index (χ3v) is 6.84. The highest BCUT2D eigenvalue weighted by Crippen LogP contribution is 2.27. The summed E-state index contributed by atoms with van der Waals surface area (Å²) < 4.78 is 48.9. The number of sulfone groups is 1. The molecule has 1 heterocycles. The predicted octanol–water partition coefficient (Wildman–Crippen LogP) is -0.200. The Morgan fingerprint density at radius 2 is 2.05 bits per heavy atom. The molecular weight excluding hydrogens is 314 g/mol. The summed E-state index contributed by atoms with van der Waals surface area (Å²) in [5.41, 5.74) is 6.69. The highest BCUT2D eigenvalue weighted by molar-refractivity contribution is 7.91. The van der Waals surface area contributed by atoms with E-state index in [0.717, 1.165) is 5.69 Å². The Balaban J connectivity index is 2.33. The third-order valence-electron chi connectivity index (χ3n) is 3.55. The molecule has 118 valence electrons. The number of rotatable bonds is 3. The Morgan fingerprint density at radius 1 is 1.38 bits per heavy atom. The molecular formula is C12H19N3O4S2. The molecule has 0 saturated carbocycles. The van der Waals surface area contributed by atoms with Gasteiger partial charge in [0.2, 0.25) is 10.0 Å². The molecule has 1 aliphatic heterocycles. The van der Waals surface area contributed by atoms with Crippen molar-refractivity contribution in [2.75, 3.05) is 35.7 Å². The van der Waals surface area contributed by atoms with Crippen LogP contribution in [0.25, 0.3) is 0 Å². The van der Waals surface area contributed by atoms with Gasteiger partial charge in [-0.15, -0.1) is 0 Å². The van der Waals surface area contributed by atoms with Crippen molar-refractivity contribution in [1.82, 2.24) is 4.72 Å². The van der Waals surface area contributed by atoms with Crippen LogP contribution in [0.3, 0.4) is 0 Å². The minimum Gasteiger partial charge on any atom is -0.398 e. The predicted molar refractivity (Wildman–Crippen MR) is 82.6 cm³/mol. The van der Waals surface area contributed by atoms with Gasteiger partial charge in [0.1, 0.15) is 4.90 Å². The van der Waals surface area contributed by atoms with Gasteiger partial charge < -0.3 is 10.6 Å². The SMILES string of the molecule is CNS(=O)(=O)c1ccc(N2CCS(=O)(=O)CC2C)cc1N. The van der Waals surface area contributed by atoms with Crippen LogP contribution in [-0.2, 0) is 19.9 Å². The minimum absolute atomic E-state index is 0.0195. The van der Waals surface area contributed by atoms with Crippen LogP contribution >= 0.6 is 0 Å². The maximum Gasteiger partial charge on any atom is 0.242 e. The lowest BCUT2D eigenvalue weighted by atomic mass is 10.2. The largest absolute Gasteiger partial charge is 0.398 e. The van der Waals surface area contributed by atoms with Crippen molar-refractivity contribution in [1.29, 1.82) is 0 Å². The molecule has 0 bridgehead atoms. The van der Waals surface area contributed by atoms with Crippen molar-refractivity contribution in [2.45, 2.75) is 17.9 Å². The molecule has 9 heteroatoms. The monoisotopic (exact) mass is 333 g/mol. The molecule has 1 unspecified atom stereocenters. The van der Waals surface area contributed by atoms with Gasteiger partial charge >= 0.3 is 0 Å². The molecule has 1 fully saturated rings. The van der Waals surface area contributed by atoms with E-state index in [9.17, 15) is 16.8 Å². The molecule has 0 amide bonds. The highest BCUT2D eigenvalue weighted by atomic mass is 32.2. The summed E-state index contributed by atoms with van der Waals surface area (Å²) in [5.74, 6) is 0.178. The first kappa shape index (κ1) is 16.1. The zero-order valence-electron chi connectivity index (χ0n) is 11.9. The van der Waals surface area contributed by atoms with Crippen molar-refractivity contribution in [3.8, 4) is 0 Å². The Morgan fingerprint density at radius 3 is 2.57 bits per heavy atom. The van der Waals surface area contributed by atoms with E-state index in [0.29, 0.717) is 6.54 Å². The molecule has 1 atom stereocenters. The van der Waals surface area contributed by atoms with Crippen molar-refractivity contribution in [3.63, 3.8) is 0 Å². The second kappa shape index (κ2) is 5.47. The van der Waals surface area contributed by atoms with Crippen LogP contribution in [0.4, 0.5) is 11.4 Å². The van der Waals surface area contributed by atoms with Gasteiger partial charge in [-0.2, -0.15) is 0 Å². The van der Waals surface area contributed by atoms with Crippen LogP contribution < -0.4 is 15.4 Å². The van der Waals surface area contributed by atoms with Crippen molar-refractivity contribution in [3.05, 3.63) is 18.2 Å². The number of anilines is 2. The van der Waals surface area contributed by atoms with Gasteiger partial charge in [0.05, 0.1) is 17.2 Å². The maximum atomic E-state index is 11.8. The van der Waals surface area contributed by atoms with E-state index in [1.54, 1.807) is 12.1 Å². The van der Waals surface area contributed by atoms with Crippen molar-refractivity contribution >= 4 is 31.2 Å². The zero-order valence-corrected chi connectivity index (χ0v) is 13.5. The third kappa shape index (κ3) is 3.30. The van der Waals surface area contributed by atoms with Crippen LogP contribution in [0.5, 0.6) is 0 Å². The van der Waals surface area contributed by atoms with Gasteiger partial charge in [0, 0.05) is 18.3 Å². The molecule has 0 radical (unpaired) electrons. The molecule has 0 spiro atoms. The topological polar surface area (TPSA) is 110 Å². The maximum absolute atomic E-state index is 11.8. The number of nitrogens with one attached hydrogen (secondary N) is 1. The molecule has 1 aromatic carbocycles. The summed E-state index contributed by atoms with van der Waals surface area (Å²) in [6.07, 6.45) is 0. The smallest absolute Gasteiger partial charge is 0.242 e. The lowest BCUT2D eigenvalue weighted by molar-refractivity contribution is 0.568. The second-order valence-electron chi connectivity index (χ2n) is 5.09. The van der Waals surface area contributed by atoms with Gasteiger partial charge in [-0.25, -0.2) is 21.6 Å². The molecule has 2 rings (SSSR count). The normalized spacial score (nSPS) is 22.2. The van der Waals surface area contributed by atoms with Gasteiger partial charge in [-0.3, -0.25) is 0 Å². The highest BCUT2D eigenvalue weighted by Gasteiger charge is 2.28. The van der Waals surface area contributed by atoms with E-state index < -0.39 is 19.9 Å². The Bertz CT molecular complexity index is 744. The van der Waals surface area contributed by atoms with E-state index in [2.05, 4.69) is 4.72 Å². The van der Waals surface area contributed by atoms with Crippen molar-refractivity contribution in [2.24, 2.45) is 0 Å². The minimum atomic E-state index is -3.60. The standard InChI is InChI=1S/C12H19N3O4S2/c1-9-8-20(16,17)6-5-15(9)10-3-4-12(11(13)7-10)21(18,19)14-2/h3-4,7,9,14H,5-6,8,13H2,1-2H3. The second-order valence-corrected chi connectivity index (χ2v) is 9.17. The van der Waals surface area contributed by atoms with Crippen molar-refractivity contribution < 1.29 is 16.8 Å². The summed E-state index contributed by atoms with van der Waals surface area (Å²) in [6.45, 7) is 2.20. The van der Waals surface area contributed by atoms with Crippen LogP contribution in [0.1, 0.15) is 6.92 Å². The van der Waals surface area contributed by atoms with E-state index in [4.69, 9.17) is 5.73 Å². The molecule has 1 aliphatic rings.